The molecule has 0 aliphatic carbocycles. The first-order valence-corrected chi connectivity index (χ1v) is 6.11. The molecule has 0 bridgehead atoms. The molecule has 1 heterocycles. The maximum atomic E-state index is 12.9. The Hall–Kier alpha value is -1.46. The van der Waals surface area contributed by atoms with E-state index in [0.29, 0.717) is 20.9 Å². The lowest BCUT2D eigenvalue weighted by Crippen LogP contribution is -2.12. The van der Waals surface area contributed by atoms with Crippen molar-refractivity contribution in [1.82, 2.24) is 4.98 Å². The van der Waals surface area contributed by atoms with Crippen LogP contribution >= 0.6 is 27.5 Å². The number of carbonyl (C=O) groups excluding carboxylic acids is 1. The van der Waals surface area contributed by atoms with Gasteiger partial charge in [-0.2, -0.15) is 0 Å². The third kappa shape index (κ3) is 3.05. The van der Waals surface area contributed by atoms with Crippen molar-refractivity contribution >= 4 is 39.1 Å². The molecule has 0 fully saturated rings. The van der Waals surface area contributed by atoms with Gasteiger partial charge in [0.1, 0.15) is 11.0 Å². The lowest BCUT2D eigenvalue weighted by atomic mass is 10.2. The quantitative estimate of drug-likeness (QED) is 0.849. The molecule has 0 saturated carbocycles. The number of halogens is 3. The standard InChI is InChI=1S/C12H7BrClFN2O/c13-9-5-8(15)2-3-10(9)17-12(18)7-1-4-11(14)16-6-7/h1-6H,(H,17,18). The van der Waals surface area contributed by atoms with E-state index in [2.05, 4.69) is 26.2 Å². The number of anilines is 1. The minimum atomic E-state index is -0.381. The van der Waals surface area contributed by atoms with Crippen LogP contribution < -0.4 is 5.32 Å². The first-order valence-electron chi connectivity index (χ1n) is 4.94. The van der Waals surface area contributed by atoms with E-state index in [0.717, 1.165) is 0 Å². The summed E-state index contributed by atoms with van der Waals surface area (Å²) < 4.78 is 13.4. The smallest absolute Gasteiger partial charge is 0.257 e. The molecule has 6 heteroatoms. The van der Waals surface area contributed by atoms with E-state index in [1.54, 1.807) is 6.07 Å². The van der Waals surface area contributed by atoms with Crippen LogP contribution in [-0.4, -0.2) is 10.9 Å². The predicted molar refractivity (Wildman–Crippen MR) is 71.3 cm³/mol. The number of carbonyl (C=O) groups is 1. The van der Waals surface area contributed by atoms with Crippen LogP contribution in [0.4, 0.5) is 10.1 Å². The molecule has 1 amide bonds. The van der Waals surface area contributed by atoms with Crippen LogP contribution in [0.25, 0.3) is 0 Å². The number of nitrogens with zero attached hydrogens (tertiary/aromatic N) is 1. The Morgan fingerprint density at radius 3 is 2.72 bits per heavy atom. The van der Waals surface area contributed by atoms with Gasteiger partial charge in [0.2, 0.25) is 0 Å². The zero-order valence-corrected chi connectivity index (χ0v) is 11.3. The fraction of sp³-hybridized carbons (Fsp3) is 0. The average Bonchev–Trinajstić information content (AvgIpc) is 2.33. The van der Waals surface area contributed by atoms with Gasteiger partial charge in [0.25, 0.3) is 5.91 Å². The maximum absolute atomic E-state index is 12.9. The SMILES string of the molecule is O=C(Nc1ccc(F)cc1Br)c1ccc(Cl)nc1. The second kappa shape index (κ2) is 5.46. The summed E-state index contributed by atoms with van der Waals surface area (Å²) in [4.78, 5) is 15.7. The molecule has 1 aromatic carbocycles. The second-order valence-corrected chi connectivity index (χ2v) is 4.69. The molecular weight excluding hydrogens is 322 g/mol. The number of hydrogen-bond donors (Lipinski definition) is 1. The highest BCUT2D eigenvalue weighted by atomic mass is 79.9. The number of hydrogen-bond acceptors (Lipinski definition) is 2. The van der Waals surface area contributed by atoms with E-state index in [4.69, 9.17) is 11.6 Å². The van der Waals surface area contributed by atoms with Gasteiger partial charge < -0.3 is 5.32 Å². The summed E-state index contributed by atoms with van der Waals surface area (Å²) in [5.74, 6) is -0.723. The van der Waals surface area contributed by atoms with Gasteiger partial charge in [-0.25, -0.2) is 9.37 Å². The molecule has 0 aliphatic rings. The van der Waals surface area contributed by atoms with Gasteiger partial charge in [-0.15, -0.1) is 0 Å². The maximum Gasteiger partial charge on any atom is 0.257 e. The average molecular weight is 330 g/mol. The number of nitrogens with one attached hydrogen (secondary N) is 1. The zero-order valence-electron chi connectivity index (χ0n) is 8.95. The molecule has 3 nitrogen and oxygen atoms in total. The van der Waals surface area contributed by atoms with Crippen molar-refractivity contribution in [3.05, 3.63) is 57.5 Å². The Labute approximate surface area is 116 Å². The van der Waals surface area contributed by atoms with Crippen molar-refractivity contribution < 1.29 is 9.18 Å². The third-order valence-electron chi connectivity index (χ3n) is 2.17. The number of rotatable bonds is 2. The van der Waals surface area contributed by atoms with Crippen molar-refractivity contribution in [2.24, 2.45) is 0 Å². The van der Waals surface area contributed by atoms with Crippen molar-refractivity contribution in [1.29, 1.82) is 0 Å². The Kier molecular flexibility index (Phi) is 3.93. The molecule has 1 aromatic heterocycles. The molecule has 0 spiro atoms. The van der Waals surface area contributed by atoms with E-state index in [1.165, 1.54) is 30.5 Å². The number of benzene rings is 1. The van der Waals surface area contributed by atoms with Crippen LogP contribution in [0.1, 0.15) is 10.4 Å². The fourth-order valence-corrected chi connectivity index (χ4v) is 1.86. The summed E-state index contributed by atoms with van der Waals surface area (Å²) in [5, 5.41) is 2.95. The van der Waals surface area contributed by atoms with Crippen molar-refractivity contribution in [2.45, 2.75) is 0 Å². The normalized spacial score (nSPS) is 10.2. The Morgan fingerprint density at radius 2 is 2.11 bits per heavy atom. The molecular formula is C12H7BrClFN2O. The van der Waals surface area contributed by atoms with Gasteiger partial charge in [0, 0.05) is 10.7 Å². The molecule has 0 saturated heterocycles. The van der Waals surface area contributed by atoms with E-state index in [1.807, 2.05) is 0 Å². The highest BCUT2D eigenvalue weighted by molar-refractivity contribution is 9.10. The zero-order chi connectivity index (χ0) is 13.1. The van der Waals surface area contributed by atoms with Crippen LogP contribution in [0.3, 0.4) is 0 Å². The predicted octanol–water partition coefficient (Wildman–Crippen LogP) is 3.89. The fourth-order valence-electron chi connectivity index (χ4n) is 1.30. The topological polar surface area (TPSA) is 42.0 Å². The van der Waals surface area contributed by atoms with Gasteiger partial charge in [-0.1, -0.05) is 11.6 Å². The summed E-state index contributed by atoms with van der Waals surface area (Å²) in [6, 6.07) is 7.09. The van der Waals surface area contributed by atoms with Crippen LogP contribution in [0.15, 0.2) is 41.0 Å². The van der Waals surface area contributed by atoms with Crippen LogP contribution in [-0.2, 0) is 0 Å². The Balaban J connectivity index is 2.18. The van der Waals surface area contributed by atoms with Gasteiger partial charge in [0.05, 0.1) is 11.3 Å². The summed E-state index contributed by atoms with van der Waals surface area (Å²) in [5.41, 5.74) is 0.854. The minimum absolute atomic E-state index is 0.314. The molecule has 2 aromatic rings. The van der Waals surface area contributed by atoms with E-state index < -0.39 is 0 Å². The van der Waals surface area contributed by atoms with Gasteiger partial charge in [0.15, 0.2) is 0 Å². The van der Waals surface area contributed by atoms with E-state index >= 15 is 0 Å². The first-order chi connectivity index (χ1) is 8.56. The van der Waals surface area contributed by atoms with Crippen molar-refractivity contribution in [3.8, 4) is 0 Å². The number of amides is 1. The summed E-state index contributed by atoms with van der Waals surface area (Å²) >= 11 is 8.80. The second-order valence-electron chi connectivity index (χ2n) is 3.45. The Bertz CT molecular complexity index is 589. The van der Waals surface area contributed by atoms with Crippen molar-refractivity contribution in [2.75, 3.05) is 5.32 Å². The van der Waals surface area contributed by atoms with Crippen molar-refractivity contribution in [3.63, 3.8) is 0 Å². The third-order valence-corrected chi connectivity index (χ3v) is 3.05. The molecule has 1 N–H and O–H groups in total. The molecule has 18 heavy (non-hydrogen) atoms. The highest BCUT2D eigenvalue weighted by Crippen LogP contribution is 2.23. The molecule has 0 aliphatic heterocycles. The number of pyridine rings is 1. The Morgan fingerprint density at radius 1 is 1.33 bits per heavy atom. The molecule has 0 unspecified atom stereocenters. The molecule has 2 rings (SSSR count). The summed E-state index contributed by atoms with van der Waals surface area (Å²) in [6.07, 6.45) is 1.37. The molecule has 0 radical (unpaired) electrons. The monoisotopic (exact) mass is 328 g/mol. The van der Waals surface area contributed by atoms with Crippen LogP contribution in [0.5, 0.6) is 0 Å². The summed E-state index contributed by atoms with van der Waals surface area (Å²) in [7, 11) is 0. The minimum Gasteiger partial charge on any atom is -0.321 e. The lowest BCUT2D eigenvalue weighted by Gasteiger charge is -2.07. The highest BCUT2D eigenvalue weighted by Gasteiger charge is 2.09. The van der Waals surface area contributed by atoms with E-state index in [-0.39, 0.29) is 11.7 Å². The molecule has 0 atom stereocenters. The molecule has 92 valence electrons. The van der Waals surface area contributed by atoms with Gasteiger partial charge in [-0.05, 0) is 46.3 Å². The van der Waals surface area contributed by atoms with Gasteiger partial charge in [-0.3, -0.25) is 4.79 Å². The van der Waals surface area contributed by atoms with E-state index in [9.17, 15) is 9.18 Å². The van der Waals surface area contributed by atoms with Crippen LogP contribution in [0, 0.1) is 5.82 Å². The number of aromatic nitrogens is 1. The van der Waals surface area contributed by atoms with Crippen LogP contribution in [0.2, 0.25) is 5.15 Å². The van der Waals surface area contributed by atoms with Gasteiger partial charge >= 0.3 is 0 Å². The summed E-state index contributed by atoms with van der Waals surface area (Å²) in [6.45, 7) is 0. The first kappa shape index (κ1) is 13.0. The lowest BCUT2D eigenvalue weighted by molar-refractivity contribution is 0.102. The largest absolute Gasteiger partial charge is 0.321 e.